The first-order valence-electron chi connectivity index (χ1n) is 38.6. The third-order valence-electron chi connectivity index (χ3n) is 20.4. The number of aryl methyl sites for hydroxylation is 4. The van der Waals surface area contributed by atoms with E-state index in [2.05, 4.69) is 196 Å². The van der Waals surface area contributed by atoms with Crippen LogP contribution in [-0.4, -0.2) is 214 Å². The number of ether oxygens (including phenoxy) is 3. The van der Waals surface area contributed by atoms with Crippen molar-refractivity contribution in [3.8, 4) is 51.0 Å². The van der Waals surface area contributed by atoms with Crippen LogP contribution in [0.4, 0.5) is 63.3 Å². The second-order valence-electron chi connectivity index (χ2n) is 29.7. The number of hydrogen-bond donors (Lipinski definition) is 7. The number of nitrogens with one attached hydrogen (secondary N) is 7. The minimum Gasteiger partial charge on any atom is -0.494 e. The number of anilines is 10. The topological polar surface area (TPSA) is 312 Å². The van der Waals surface area contributed by atoms with Gasteiger partial charge in [-0.25, -0.2) is 29.9 Å². The van der Waals surface area contributed by atoms with Gasteiger partial charge in [0.2, 0.25) is 23.8 Å². The molecular weight excluding hydrogens is 1500 g/mol. The molecule has 0 aliphatic carbocycles. The van der Waals surface area contributed by atoms with Gasteiger partial charge in [0.05, 0.1) is 87.8 Å². The summed E-state index contributed by atoms with van der Waals surface area (Å²) >= 11 is 0. The highest BCUT2D eigenvalue weighted by Crippen LogP contribution is 2.44. The van der Waals surface area contributed by atoms with Gasteiger partial charge in [-0.15, -0.1) is 0 Å². The summed E-state index contributed by atoms with van der Waals surface area (Å²) in [7, 11) is 29.0. The molecular formula is C89H103N23O7. The number of rotatable bonds is 28. The van der Waals surface area contributed by atoms with Crippen molar-refractivity contribution in [1.82, 2.24) is 73.3 Å². The van der Waals surface area contributed by atoms with Crippen LogP contribution >= 0.6 is 0 Å². The lowest BCUT2D eigenvalue weighted by atomic mass is 10.1. The molecule has 0 spiro atoms. The Hall–Kier alpha value is -14.1. The molecule has 0 saturated carbocycles. The highest BCUT2D eigenvalue weighted by atomic mass is 16.6. The van der Waals surface area contributed by atoms with Gasteiger partial charge < -0.3 is 93.5 Å². The monoisotopic (exact) mass is 1610 g/mol. The van der Waals surface area contributed by atoms with Crippen molar-refractivity contribution in [2.24, 2.45) is 21.1 Å². The molecule has 0 aliphatic rings. The van der Waals surface area contributed by atoms with Gasteiger partial charge >= 0.3 is 0 Å². The molecule has 7 N–H and O–H groups in total. The van der Waals surface area contributed by atoms with Crippen LogP contribution in [0.5, 0.6) is 17.2 Å². The normalized spacial score (nSPS) is 11.2. The van der Waals surface area contributed by atoms with Gasteiger partial charge in [0.1, 0.15) is 40.0 Å². The molecule has 119 heavy (non-hydrogen) atoms. The van der Waals surface area contributed by atoms with Crippen molar-refractivity contribution in [1.29, 1.82) is 0 Å². The zero-order valence-electron chi connectivity index (χ0n) is 70.4. The van der Waals surface area contributed by atoms with E-state index >= 15 is 0 Å². The first kappa shape index (κ1) is 84.3. The smallest absolute Gasteiger partial charge is 0.294 e. The number of aromatic amines is 3. The maximum atomic E-state index is 12.3. The first-order valence-corrected chi connectivity index (χ1v) is 38.6. The number of ketones is 1. The molecule has 1 amide bonds. The fraction of sp³-hybridized carbons (Fsp3) is 0.258. The molecule has 9 aromatic heterocycles. The van der Waals surface area contributed by atoms with E-state index in [1.54, 1.807) is 20.3 Å². The first-order chi connectivity index (χ1) is 57.2. The Balaban J connectivity index is 0.000000159. The summed E-state index contributed by atoms with van der Waals surface area (Å²) < 4.78 is 23.5. The molecule has 9 heterocycles. The average molecular weight is 1610 g/mol. The van der Waals surface area contributed by atoms with Crippen LogP contribution in [0.2, 0.25) is 0 Å². The van der Waals surface area contributed by atoms with Gasteiger partial charge in [0, 0.05) is 198 Å². The van der Waals surface area contributed by atoms with Gasteiger partial charge in [-0.05, 0) is 122 Å². The molecule has 30 nitrogen and oxygen atoms in total. The Labute approximate surface area is 690 Å². The number of hydrogen-bond acceptors (Lipinski definition) is 22. The Bertz CT molecular complexity index is 6200. The number of allylic oxidation sites excluding steroid dienone is 1. The molecule has 616 valence electrons. The predicted octanol–water partition coefficient (Wildman–Crippen LogP) is 15.7. The number of nitrogens with zero attached hydrogens (tertiary/aromatic N) is 16. The summed E-state index contributed by atoms with van der Waals surface area (Å²) in [6.07, 6.45) is 14.4. The number of carbonyl (C=O) groups is 2. The van der Waals surface area contributed by atoms with Gasteiger partial charge in [0.15, 0.2) is 5.78 Å². The average Bonchev–Trinajstić information content (AvgIpc) is 1.64. The van der Waals surface area contributed by atoms with Crippen LogP contribution in [0.15, 0.2) is 190 Å². The molecule has 0 unspecified atom stereocenters. The number of carbonyl (C=O) groups excluding carboxylic acids is 2. The fourth-order valence-electron chi connectivity index (χ4n) is 14.0. The molecule has 0 aliphatic heterocycles. The molecule has 0 radical (unpaired) electrons. The third-order valence-corrected chi connectivity index (χ3v) is 20.4. The van der Waals surface area contributed by atoms with E-state index in [0.717, 1.165) is 161 Å². The molecule has 6 aromatic carbocycles. The summed E-state index contributed by atoms with van der Waals surface area (Å²) in [6.45, 7) is 15.2. The number of methoxy groups -OCH3 is 3. The fourth-order valence-corrected chi connectivity index (χ4v) is 14.0. The third kappa shape index (κ3) is 19.1. The molecule has 0 fully saturated rings. The Morgan fingerprint density at radius 1 is 0.462 bits per heavy atom. The number of nitro groups is 1. The highest BCUT2D eigenvalue weighted by molar-refractivity contribution is 6.06. The largest absolute Gasteiger partial charge is 0.494 e. The van der Waals surface area contributed by atoms with E-state index in [9.17, 15) is 19.7 Å². The van der Waals surface area contributed by atoms with Crippen molar-refractivity contribution in [2.75, 3.05) is 160 Å². The van der Waals surface area contributed by atoms with Crippen molar-refractivity contribution in [3.63, 3.8) is 0 Å². The second kappa shape index (κ2) is 37.2. The quantitative estimate of drug-likeness (QED) is 0.0136. The van der Waals surface area contributed by atoms with E-state index in [4.69, 9.17) is 39.1 Å². The number of H-pyrrole nitrogens is 3. The molecule has 0 atom stereocenters. The van der Waals surface area contributed by atoms with E-state index in [0.29, 0.717) is 58.6 Å². The molecule has 0 bridgehead atoms. The lowest BCUT2D eigenvalue weighted by Gasteiger charge is -2.26. The SMILES string of the molecule is C=CC(=O)Nc1cc(Nc2nc(-c3cn(C)c4ccccc34)c3[nH]ccc3n2)c(OC)cc1N(C)CCN(C)C.C=CC(C)=O.COc1cc(N(C)CCN(C)C)c(C)cc1Nc1nc(-c2cn(C)c3ccccc23)c2[nH]ccc2n1.COc1cc(N(C)CCN(C)C)c([N+](=O)[O-])cc1Nc1nc(-c2cn(C)c3ccccc23)c2[nH]ccc2n1. The minimum atomic E-state index is -0.385. The predicted molar refractivity (Wildman–Crippen MR) is 483 cm³/mol. The summed E-state index contributed by atoms with van der Waals surface area (Å²) in [5, 5.41) is 28.3. The van der Waals surface area contributed by atoms with Crippen LogP contribution in [0.25, 0.3) is 99.6 Å². The number of fused-ring (bicyclic) bond motifs is 6. The maximum Gasteiger partial charge on any atom is 0.294 e. The number of likely N-dealkylation sites (N-methyl/N-ethyl adjacent to an activating group) is 6. The summed E-state index contributed by atoms with van der Waals surface area (Å²) in [4.78, 5) is 85.0. The van der Waals surface area contributed by atoms with Crippen LogP contribution in [0.1, 0.15) is 12.5 Å². The number of amides is 1. The van der Waals surface area contributed by atoms with Gasteiger partial charge in [0.25, 0.3) is 5.69 Å². The van der Waals surface area contributed by atoms with Crippen LogP contribution in [0, 0.1) is 17.0 Å². The van der Waals surface area contributed by atoms with E-state index in [-0.39, 0.29) is 22.3 Å². The van der Waals surface area contributed by atoms with E-state index in [1.165, 1.54) is 32.3 Å². The van der Waals surface area contributed by atoms with Crippen molar-refractivity contribution >= 4 is 141 Å². The minimum absolute atomic E-state index is 0.0185. The highest BCUT2D eigenvalue weighted by Gasteiger charge is 2.26. The summed E-state index contributed by atoms with van der Waals surface area (Å²) in [5.41, 5.74) is 19.7. The lowest BCUT2D eigenvalue weighted by Crippen LogP contribution is -2.29. The maximum absolute atomic E-state index is 12.3. The zero-order chi connectivity index (χ0) is 85.0. The van der Waals surface area contributed by atoms with Crippen molar-refractivity contribution in [2.45, 2.75) is 13.8 Å². The van der Waals surface area contributed by atoms with E-state index < -0.39 is 0 Å². The lowest BCUT2D eigenvalue weighted by molar-refractivity contribution is -0.384. The zero-order valence-corrected chi connectivity index (χ0v) is 70.4. The summed E-state index contributed by atoms with van der Waals surface area (Å²) in [5.74, 6) is 2.74. The van der Waals surface area contributed by atoms with Crippen LogP contribution < -0.4 is 50.2 Å². The standard InChI is InChI=1S/C30H34N8O2.C28H33N7O.C27H30N8O3.C4H6O/c1-7-27(39)32-22-16-23(26(40-6)17-25(22)37(4)15-14-36(2)3)34-30-33-21-12-13-31-29(21)28(35-30)20-18-38(5)24-11-9-8-10-19(20)24;1-18-15-22(25(36-6)16-24(18)34(4)14-13-33(2)3)31-28-30-21-11-12-29-27(21)26(32-28)20-17-35(5)23-10-8-7-9-19(20)23;1-32(2)12-13-33(3)22-15-24(38-5)20(14-23(22)35(36)37)30-27-29-19-10-11-28-26(19)25(31-27)18-16-34(4)21-9-7-6-8-17(18)21;1-3-4(2)5/h7-13,16-18,31H,1,14-15H2,2-6H3,(H,32,39)(H,33,34,35);7-12,15-17,29H,13-14H2,1-6H3,(H,30,31,32);6-11,14-16,28H,12-13H2,1-5H3,(H,29,30,31);3H,1H2,2H3. The molecule has 30 heteroatoms. The van der Waals surface area contributed by atoms with Gasteiger partial charge in [-0.2, -0.15) is 0 Å². The number of benzene rings is 6. The summed E-state index contributed by atoms with van der Waals surface area (Å²) in [6, 6.07) is 41.6. The Morgan fingerprint density at radius 2 is 0.798 bits per heavy atom. The van der Waals surface area contributed by atoms with Crippen LogP contribution in [-0.2, 0) is 30.7 Å². The van der Waals surface area contributed by atoms with Crippen LogP contribution in [0.3, 0.4) is 0 Å². The van der Waals surface area contributed by atoms with E-state index in [1.807, 2.05) is 146 Å². The van der Waals surface area contributed by atoms with Crippen molar-refractivity contribution < 1.29 is 28.7 Å². The molecule has 15 aromatic rings. The second-order valence-corrected chi connectivity index (χ2v) is 29.7. The number of aromatic nitrogens is 12. The number of nitro benzene ring substituents is 1. The number of para-hydroxylation sites is 3. The molecule has 15 rings (SSSR count). The Morgan fingerprint density at radius 3 is 1.15 bits per heavy atom. The van der Waals surface area contributed by atoms with Crippen molar-refractivity contribution in [3.05, 3.63) is 206 Å². The molecule has 0 saturated heterocycles. The van der Waals surface area contributed by atoms with Gasteiger partial charge in [-0.1, -0.05) is 67.8 Å². The van der Waals surface area contributed by atoms with Gasteiger partial charge in [-0.3, -0.25) is 19.7 Å². The Kier molecular flexibility index (Phi) is 26.4.